The van der Waals surface area contributed by atoms with E-state index in [0.717, 1.165) is 10.5 Å². The normalized spacial score (nSPS) is 14.1. The van der Waals surface area contributed by atoms with Crippen molar-refractivity contribution in [3.63, 3.8) is 0 Å². The first-order valence-corrected chi connectivity index (χ1v) is 6.33. The van der Waals surface area contributed by atoms with Crippen LogP contribution in [0.3, 0.4) is 0 Å². The second-order valence-electron chi connectivity index (χ2n) is 3.92. The number of hydrazine groups is 1. The Kier molecular flexibility index (Phi) is 5.47. The second kappa shape index (κ2) is 6.64. The number of nitrogens with two attached hydrogens (primary N) is 1. The van der Waals surface area contributed by atoms with Gasteiger partial charge in [0.2, 0.25) is 5.91 Å². The maximum absolute atomic E-state index is 11.4. The summed E-state index contributed by atoms with van der Waals surface area (Å²) < 4.78 is 0. The summed E-state index contributed by atoms with van der Waals surface area (Å²) in [5.74, 6) is 4.80. The van der Waals surface area contributed by atoms with Gasteiger partial charge in [-0.05, 0) is 17.7 Å². The van der Waals surface area contributed by atoms with E-state index < -0.39 is 0 Å². The van der Waals surface area contributed by atoms with Crippen molar-refractivity contribution in [1.29, 1.82) is 0 Å². The summed E-state index contributed by atoms with van der Waals surface area (Å²) in [6.07, 6.45) is 0. The van der Waals surface area contributed by atoms with Crippen LogP contribution in [-0.2, 0) is 11.4 Å². The van der Waals surface area contributed by atoms with E-state index in [4.69, 9.17) is 10.9 Å². The monoisotopic (exact) mass is 254 g/mol. The lowest BCUT2D eigenvalue weighted by molar-refractivity contribution is -0.124. The molecule has 1 amide bonds. The van der Waals surface area contributed by atoms with Crippen LogP contribution in [0, 0.1) is 5.92 Å². The predicted octanol–water partition coefficient (Wildman–Crippen LogP) is 1.29. The number of benzene rings is 1. The van der Waals surface area contributed by atoms with E-state index in [9.17, 15) is 4.79 Å². The molecule has 1 rings (SSSR count). The molecule has 4 nitrogen and oxygen atoms in total. The van der Waals surface area contributed by atoms with Crippen molar-refractivity contribution in [1.82, 2.24) is 5.43 Å². The fourth-order valence-corrected chi connectivity index (χ4v) is 2.39. The summed E-state index contributed by atoms with van der Waals surface area (Å²) in [5.41, 5.74) is 3.05. The summed E-state index contributed by atoms with van der Waals surface area (Å²) >= 11 is 1.62. The van der Waals surface area contributed by atoms with Crippen molar-refractivity contribution < 1.29 is 9.90 Å². The predicted molar refractivity (Wildman–Crippen MR) is 69.2 cm³/mol. The van der Waals surface area contributed by atoms with Crippen molar-refractivity contribution in [3.05, 3.63) is 29.8 Å². The molecule has 0 saturated carbocycles. The lowest BCUT2D eigenvalue weighted by Gasteiger charge is -2.17. The molecule has 17 heavy (non-hydrogen) atoms. The molecule has 4 N–H and O–H groups in total. The van der Waals surface area contributed by atoms with Crippen LogP contribution in [0.5, 0.6) is 0 Å². The van der Waals surface area contributed by atoms with Gasteiger partial charge in [0.25, 0.3) is 0 Å². The van der Waals surface area contributed by atoms with Crippen LogP contribution in [0.2, 0.25) is 0 Å². The van der Waals surface area contributed by atoms with Crippen LogP contribution in [0.15, 0.2) is 29.2 Å². The fraction of sp³-hybridized carbons (Fsp3) is 0.417. The van der Waals surface area contributed by atoms with Crippen LogP contribution in [0.4, 0.5) is 0 Å². The lowest BCUT2D eigenvalue weighted by atomic mass is 10.1. The molecule has 2 unspecified atom stereocenters. The first kappa shape index (κ1) is 14.0. The highest BCUT2D eigenvalue weighted by Gasteiger charge is 2.20. The Hall–Kier alpha value is -1.04. The zero-order valence-corrected chi connectivity index (χ0v) is 10.8. The molecule has 1 aromatic rings. The first-order valence-electron chi connectivity index (χ1n) is 5.45. The first-order chi connectivity index (χ1) is 8.08. The molecule has 2 atom stereocenters. The number of nitrogens with one attached hydrogen (secondary N) is 1. The van der Waals surface area contributed by atoms with Gasteiger partial charge in [-0.15, -0.1) is 11.8 Å². The number of carbonyl (C=O) groups excluding carboxylic acids is 1. The highest BCUT2D eigenvalue weighted by Crippen LogP contribution is 2.28. The summed E-state index contributed by atoms with van der Waals surface area (Å²) in [6.45, 7) is 3.89. The van der Waals surface area contributed by atoms with Crippen LogP contribution in [-0.4, -0.2) is 16.3 Å². The number of carbonyl (C=O) groups is 1. The van der Waals surface area contributed by atoms with Crippen LogP contribution >= 0.6 is 11.8 Å². The van der Waals surface area contributed by atoms with Gasteiger partial charge in [0, 0.05) is 16.1 Å². The molecule has 0 fully saturated rings. The average Bonchev–Trinajstić information content (AvgIpc) is 2.37. The zero-order valence-electron chi connectivity index (χ0n) is 10.0. The van der Waals surface area contributed by atoms with E-state index in [2.05, 4.69) is 5.43 Å². The van der Waals surface area contributed by atoms with Gasteiger partial charge in [-0.2, -0.15) is 0 Å². The summed E-state index contributed by atoms with van der Waals surface area (Å²) in [6, 6.07) is 7.64. The Morgan fingerprint density at radius 1 is 1.41 bits per heavy atom. The SMILES string of the molecule is CC(Sc1ccc(CO)cc1)C(C)C(=O)NN. The third-order valence-electron chi connectivity index (χ3n) is 2.69. The third kappa shape index (κ3) is 4.03. The molecule has 0 bridgehead atoms. The van der Waals surface area contributed by atoms with E-state index in [0.29, 0.717) is 0 Å². The van der Waals surface area contributed by atoms with E-state index in [1.165, 1.54) is 0 Å². The van der Waals surface area contributed by atoms with Crippen LogP contribution in [0.1, 0.15) is 19.4 Å². The highest BCUT2D eigenvalue weighted by molar-refractivity contribution is 8.00. The minimum atomic E-state index is -0.156. The maximum atomic E-state index is 11.4. The molecule has 0 saturated heterocycles. The van der Waals surface area contributed by atoms with Gasteiger partial charge >= 0.3 is 0 Å². The zero-order chi connectivity index (χ0) is 12.8. The summed E-state index contributed by atoms with van der Waals surface area (Å²) in [5, 5.41) is 9.07. The van der Waals surface area contributed by atoms with Crippen molar-refractivity contribution in [2.45, 2.75) is 30.6 Å². The molecule has 0 aliphatic rings. The fourth-order valence-electron chi connectivity index (χ4n) is 1.33. The third-order valence-corrected chi connectivity index (χ3v) is 4.01. The van der Waals surface area contributed by atoms with Crippen molar-refractivity contribution in [2.75, 3.05) is 0 Å². The minimum Gasteiger partial charge on any atom is -0.392 e. The summed E-state index contributed by atoms with van der Waals surface area (Å²) in [7, 11) is 0. The molecular weight excluding hydrogens is 236 g/mol. The molecule has 5 heteroatoms. The number of thioether (sulfide) groups is 1. The lowest BCUT2D eigenvalue weighted by Crippen LogP contribution is -2.38. The van der Waals surface area contributed by atoms with E-state index in [1.54, 1.807) is 11.8 Å². The molecule has 0 aromatic heterocycles. The highest BCUT2D eigenvalue weighted by atomic mass is 32.2. The van der Waals surface area contributed by atoms with E-state index in [-0.39, 0.29) is 23.7 Å². The van der Waals surface area contributed by atoms with Gasteiger partial charge in [-0.3, -0.25) is 10.2 Å². The number of aliphatic hydroxyl groups is 1. The second-order valence-corrected chi connectivity index (χ2v) is 5.37. The molecule has 0 heterocycles. The molecule has 0 aliphatic heterocycles. The Morgan fingerprint density at radius 3 is 2.47 bits per heavy atom. The molecule has 94 valence electrons. The maximum Gasteiger partial charge on any atom is 0.237 e. The van der Waals surface area contributed by atoms with Crippen molar-refractivity contribution >= 4 is 17.7 Å². The number of hydrogen-bond donors (Lipinski definition) is 3. The smallest absolute Gasteiger partial charge is 0.237 e. The standard InChI is InChI=1S/C12H18N2O2S/c1-8(12(16)14-13)9(2)17-11-5-3-10(7-15)4-6-11/h3-6,8-9,15H,7,13H2,1-2H3,(H,14,16). The van der Waals surface area contributed by atoms with Gasteiger partial charge in [0.1, 0.15) is 0 Å². The van der Waals surface area contributed by atoms with E-state index >= 15 is 0 Å². The number of rotatable bonds is 5. The van der Waals surface area contributed by atoms with Crippen molar-refractivity contribution in [2.24, 2.45) is 11.8 Å². The number of hydrogen-bond acceptors (Lipinski definition) is 4. The molecular formula is C12H18N2O2S. The summed E-state index contributed by atoms with van der Waals surface area (Å²) in [4.78, 5) is 12.4. The Morgan fingerprint density at radius 2 is 2.00 bits per heavy atom. The van der Waals surface area contributed by atoms with Crippen LogP contribution < -0.4 is 11.3 Å². The quantitative estimate of drug-likeness (QED) is 0.320. The minimum absolute atomic E-state index is 0.0481. The van der Waals surface area contributed by atoms with E-state index in [1.807, 2.05) is 38.1 Å². The van der Waals surface area contributed by atoms with Gasteiger partial charge in [-0.25, -0.2) is 5.84 Å². The molecule has 1 aromatic carbocycles. The van der Waals surface area contributed by atoms with Gasteiger partial charge in [0.05, 0.1) is 6.61 Å². The largest absolute Gasteiger partial charge is 0.392 e. The Labute approximate surface area is 106 Å². The van der Waals surface area contributed by atoms with Gasteiger partial charge < -0.3 is 5.11 Å². The van der Waals surface area contributed by atoms with Gasteiger partial charge in [-0.1, -0.05) is 26.0 Å². The molecule has 0 spiro atoms. The topological polar surface area (TPSA) is 75.3 Å². The Balaban J connectivity index is 2.60. The van der Waals surface area contributed by atoms with Crippen LogP contribution in [0.25, 0.3) is 0 Å². The molecule has 0 radical (unpaired) electrons. The van der Waals surface area contributed by atoms with Crippen molar-refractivity contribution in [3.8, 4) is 0 Å². The Bertz CT molecular complexity index is 367. The molecule has 0 aliphatic carbocycles. The average molecular weight is 254 g/mol. The number of aliphatic hydroxyl groups excluding tert-OH is 1. The van der Waals surface area contributed by atoms with Gasteiger partial charge in [0.15, 0.2) is 0 Å². The number of amides is 1.